The van der Waals surface area contributed by atoms with Crippen LogP contribution in [-0.2, 0) is 4.74 Å². The number of likely N-dealkylation sites (N-methyl/N-ethyl adjacent to an activating group) is 1. The third-order valence-corrected chi connectivity index (χ3v) is 3.82. The predicted molar refractivity (Wildman–Crippen MR) is 79.6 cm³/mol. The minimum Gasteiger partial charge on any atom is -0.497 e. The number of benzene rings is 1. The summed E-state index contributed by atoms with van der Waals surface area (Å²) in [6.07, 6.45) is 4.12. The first kappa shape index (κ1) is 15.1. The minimum absolute atomic E-state index is 0.154. The van der Waals surface area contributed by atoms with E-state index in [1.807, 2.05) is 12.1 Å². The van der Waals surface area contributed by atoms with Gasteiger partial charge in [-0.15, -0.1) is 0 Å². The largest absolute Gasteiger partial charge is 0.497 e. The highest BCUT2D eigenvalue weighted by molar-refractivity contribution is 5.42. The van der Waals surface area contributed by atoms with E-state index in [9.17, 15) is 0 Å². The van der Waals surface area contributed by atoms with Gasteiger partial charge in [-0.1, -0.05) is 6.92 Å². The van der Waals surface area contributed by atoms with Crippen LogP contribution in [0.5, 0.6) is 11.5 Å². The molecule has 0 aromatic heterocycles. The fraction of sp³-hybridized carbons (Fsp3) is 0.625. The Kier molecular flexibility index (Phi) is 5.68. The van der Waals surface area contributed by atoms with E-state index in [0.717, 1.165) is 23.6 Å². The molecule has 20 heavy (non-hydrogen) atoms. The first-order valence-electron chi connectivity index (χ1n) is 7.35. The molecular formula is C16H25NO3. The lowest BCUT2D eigenvalue weighted by Gasteiger charge is -2.29. The standard InChI is InChI=1S/C16H25NO3/c1-4-17-15(11-20-12-6-5-7-12)14-9-8-13(18-2)10-16(14)19-3/h8-10,12,15,17H,4-7,11H2,1-3H3. The van der Waals surface area contributed by atoms with Crippen molar-refractivity contribution >= 4 is 0 Å². The Morgan fingerprint density at radius 2 is 2.05 bits per heavy atom. The van der Waals surface area contributed by atoms with Crippen molar-refractivity contribution in [3.8, 4) is 11.5 Å². The maximum absolute atomic E-state index is 5.95. The number of ether oxygens (including phenoxy) is 3. The number of methoxy groups -OCH3 is 2. The highest BCUT2D eigenvalue weighted by Gasteiger charge is 2.22. The predicted octanol–water partition coefficient (Wildman–Crippen LogP) is 2.92. The molecule has 1 atom stereocenters. The summed E-state index contributed by atoms with van der Waals surface area (Å²) in [6.45, 7) is 3.68. The average Bonchev–Trinajstić information content (AvgIpc) is 2.44. The van der Waals surface area contributed by atoms with Gasteiger partial charge in [0, 0.05) is 11.6 Å². The van der Waals surface area contributed by atoms with E-state index in [2.05, 4.69) is 18.3 Å². The van der Waals surface area contributed by atoms with Crippen molar-refractivity contribution in [2.45, 2.75) is 38.3 Å². The SMILES string of the molecule is CCNC(COC1CCC1)c1ccc(OC)cc1OC. The molecule has 2 rings (SSSR count). The van der Waals surface area contributed by atoms with Gasteiger partial charge in [-0.3, -0.25) is 0 Å². The molecule has 0 bridgehead atoms. The first-order valence-corrected chi connectivity index (χ1v) is 7.35. The van der Waals surface area contributed by atoms with E-state index in [1.165, 1.54) is 19.3 Å². The van der Waals surface area contributed by atoms with Crippen LogP contribution in [0, 0.1) is 0 Å². The van der Waals surface area contributed by atoms with Gasteiger partial charge < -0.3 is 19.5 Å². The highest BCUT2D eigenvalue weighted by Crippen LogP contribution is 2.31. The maximum atomic E-state index is 5.95. The Labute approximate surface area is 121 Å². The summed E-state index contributed by atoms with van der Waals surface area (Å²) in [7, 11) is 3.35. The number of hydrogen-bond acceptors (Lipinski definition) is 4. The topological polar surface area (TPSA) is 39.7 Å². The van der Waals surface area contributed by atoms with E-state index in [-0.39, 0.29) is 6.04 Å². The van der Waals surface area contributed by atoms with Gasteiger partial charge in [0.1, 0.15) is 11.5 Å². The van der Waals surface area contributed by atoms with E-state index in [0.29, 0.717) is 12.7 Å². The smallest absolute Gasteiger partial charge is 0.127 e. The minimum atomic E-state index is 0.154. The molecule has 1 aromatic carbocycles. The second-order valence-corrected chi connectivity index (χ2v) is 5.10. The number of nitrogens with one attached hydrogen (secondary N) is 1. The summed E-state index contributed by atoms with van der Waals surface area (Å²) in [4.78, 5) is 0. The molecule has 4 nitrogen and oxygen atoms in total. The molecule has 1 aromatic rings. The lowest BCUT2D eigenvalue weighted by atomic mass is 9.96. The summed E-state index contributed by atoms with van der Waals surface area (Å²) >= 11 is 0. The lowest BCUT2D eigenvalue weighted by molar-refractivity contribution is -0.00885. The van der Waals surface area contributed by atoms with E-state index >= 15 is 0 Å². The van der Waals surface area contributed by atoms with E-state index in [4.69, 9.17) is 14.2 Å². The molecule has 0 spiro atoms. The van der Waals surface area contributed by atoms with Crippen LogP contribution in [-0.4, -0.2) is 33.5 Å². The lowest BCUT2D eigenvalue weighted by Crippen LogP contribution is -2.30. The molecule has 0 heterocycles. The molecule has 1 fully saturated rings. The van der Waals surface area contributed by atoms with Crippen LogP contribution >= 0.6 is 0 Å². The van der Waals surface area contributed by atoms with Crippen LogP contribution in [0.15, 0.2) is 18.2 Å². The highest BCUT2D eigenvalue weighted by atomic mass is 16.5. The third kappa shape index (κ3) is 3.64. The molecule has 0 radical (unpaired) electrons. The second-order valence-electron chi connectivity index (χ2n) is 5.10. The van der Waals surface area contributed by atoms with Gasteiger partial charge in [-0.25, -0.2) is 0 Å². The van der Waals surface area contributed by atoms with Crippen molar-refractivity contribution < 1.29 is 14.2 Å². The maximum Gasteiger partial charge on any atom is 0.127 e. The molecule has 0 saturated heterocycles. The van der Waals surface area contributed by atoms with Crippen molar-refractivity contribution in [3.05, 3.63) is 23.8 Å². The molecule has 1 saturated carbocycles. The average molecular weight is 279 g/mol. The Morgan fingerprint density at radius 1 is 1.25 bits per heavy atom. The van der Waals surface area contributed by atoms with Crippen LogP contribution in [0.3, 0.4) is 0 Å². The van der Waals surface area contributed by atoms with Gasteiger partial charge in [0.15, 0.2) is 0 Å². The van der Waals surface area contributed by atoms with Gasteiger partial charge in [0.25, 0.3) is 0 Å². The van der Waals surface area contributed by atoms with E-state index < -0.39 is 0 Å². The van der Waals surface area contributed by atoms with Crippen LogP contribution in [0.25, 0.3) is 0 Å². The van der Waals surface area contributed by atoms with Crippen molar-refractivity contribution in [1.29, 1.82) is 0 Å². The van der Waals surface area contributed by atoms with Crippen LogP contribution in [0.4, 0.5) is 0 Å². The summed E-state index contributed by atoms with van der Waals surface area (Å²) < 4.78 is 16.7. The summed E-state index contributed by atoms with van der Waals surface area (Å²) in [5.41, 5.74) is 1.12. The van der Waals surface area contributed by atoms with Crippen molar-refractivity contribution in [2.24, 2.45) is 0 Å². The van der Waals surface area contributed by atoms with Gasteiger partial charge in [-0.05, 0) is 37.9 Å². The Hall–Kier alpha value is -1.26. The fourth-order valence-electron chi connectivity index (χ4n) is 2.38. The molecular weight excluding hydrogens is 254 g/mol. The summed E-state index contributed by atoms with van der Waals surface area (Å²) in [5, 5.41) is 3.47. The van der Waals surface area contributed by atoms with Crippen LogP contribution in [0.1, 0.15) is 37.8 Å². The number of rotatable bonds is 8. The Bertz CT molecular complexity index is 418. The zero-order chi connectivity index (χ0) is 14.4. The number of hydrogen-bond donors (Lipinski definition) is 1. The van der Waals surface area contributed by atoms with Crippen molar-refractivity contribution in [1.82, 2.24) is 5.32 Å². The molecule has 4 heteroatoms. The molecule has 0 aliphatic heterocycles. The first-order chi connectivity index (χ1) is 9.78. The van der Waals surface area contributed by atoms with Crippen LogP contribution < -0.4 is 14.8 Å². The normalized spacial score (nSPS) is 16.6. The van der Waals surface area contributed by atoms with Crippen molar-refractivity contribution in [2.75, 3.05) is 27.4 Å². The van der Waals surface area contributed by atoms with Gasteiger partial charge in [-0.2, -0.15) is 0 Å². The molecule has 1 unspecified atom stereocenters. The molecule has 112 valence electrons. The summed E-state index contributed by atoms with van der Waals surface area (Å²) in [5.74, 6) is 1.65. The fourth-order valence-corrected chi connectivity index (χ4v) is 2.38. The Balaban J connectivity index is 2.09. The summed E-state index contributed by atoms with van der Waals surface area (Å²) in [6, 6.07) is 6.09. The zero-order valence-corrected chi connectivity index (χ0v) is 12.6. The molecule has 1 aliphatic rings. The van der Waals surface area contributed by atoms with Gasteiger partial charge in [0.2, 0.25) is 0 Å². The van der Waals surface area contributed by atoms with Gasteiger partial charge >= 0.3 is 0 Å². The quantitative estimate of drug-likeness (QED) is 0.794. The van der Waals surface area contributed by atoms with Crippen molar-refractivity contribution in [3.63, 3.8) is 0 Å². The zero-order valence-electron chi connectivity index (χ0n) is 12.6. The third-order valence-electron chi connectivity index (χ3n) is 3.82. The second kappa shape index (κ2) is 7.50. The molecule has 0 amide bonds. The Morgan fingerprint density at radius 3 is 2.60 bits per heavy atom. The molecule has 1 aliphatic carbocycles. The van der Waals surface area contributed by atoms with E-state index in [1.54, 1.807) is 14.2 Å². The monoisotopic (exact) mass is 279 g/mol. The van der Waals surface area contributed by atoms with Gasteiger partial charge in [0.05, 0.1) is 33.0 Å². The molecule has 1 N–H and O–H groups in total. The van der Waals surface area contributed by atoms with Crippen LogP contribution in [0.2, 0.25) is 0 Å².